The third-order valence-corrected chi connectivity index (χ3v) is 9.05. The number of Topliss-reactive ketones (excluding diaryl/α,β-unsaturated/α-hetero) is 1. The highest BCUT2D eigenvalue weighted by molar-refractivity contribution is 6.34. The molecule has 6 nitrogen and oxygen atoms in total. The summed E-state index contributed by atoms with van der Waals surface area (Å²) in [4.78, 5) is 56.1. The van der Waals surface area contributed by atoms with Gasteiger partial charge in [0.2, 0.25) is 0 Å². The molecule has 41 heavy (non-hydrogen) atoms. The summed E-state index contributed by atoms with van der Waals surface area (Å²) in [5.41, 5.74) is 4.44. The van der Waals surface area contributed by atoms with Crippen LogP contribution in [0.15, 0.2) is 97.1 Å². The summed E-state index contributed by atoms with van der Waals surface area (Å²) in [5, 5.41) is 2.48. The van der Waals surface area contributed by atoms with Crippen LogP contribution in [0.1, 0.15) is 54.8 Å². The Morgan fingerprint density at radius 3 is 1.61 bits per heavy atom. The molecule has 4 aromatic rings. The minimum atomic E-state index is -0.708. The standard InChI is InChI=1S/C33H22Cl2N2O4/c34-19-15-13-18(14-16-19)26(38)17-36(31(39)24-11-5-6-12-25(24)35)37-32(40)29-27-20-7-1-2-8-21(20)28(30(29)33(37)41)23-10-4-3-9-22(23)27/h1-16,27-30H,17H2/t27?,28?,29-,30-/m1/s1. The molecular weight excluding hydrogens is 559 g/mol. The molecule has 1 aliphatic heterocycles. The van der Waals surface area contributed by atoms with E-state index in [-0.39, 0.29) is 22.4 Å². The summed E-state index contributed by atoms with van der Waals surface area (Å²) in [6.07, 6.45) is 0. The quantitative estimate of drug-likeness (QED) is 0.210. The summed E-state index contributed by atoms with van der Waals surface area (Å²) in [7, 11) is 0. The summed E-state index contributed by atoms with van der Waals surface area (Å²) in [5.74, 6) is -4.25. The second-order valence-corrected chi connectivity index (χ2v) is 11.4. The summed E-state index contributed by atoms with van der Waals surface area (Å²) in [6.45, 7) is -0.530. The van der Waals surface area contributed by atoms with Crippen LogP contribution in [0, 0.1) is 11.8 Å². The number of halogens is 2. The van der Waals surface area contributed by atoms with Gasteiger partial charge in [0.15, 0.2) is 5.78 Å². The van der Waals surface area contributed by atoms with Crippen LogP contribution >= 0.6 is 23.2 Å². The fourth-order valence-corrected chi connectivity index (χ4v) is 7.11. The van der Waals surface area contributed by atoms with Crippen molar-refractivity contribution in [2.45, 2.75) is 11.8 Å². The molecule has 2 bridgehead atoms. The van der Waals surface area contributed by atoms with E-state index in [0.29, 0.717) is 10.6 Å². The minimum Gasteiger partial charge on any atom is -0.292 e. The lowest BCUT2D eigenvalue weighted by atomic mass is 9.55. The van der Waals surface area contributed by atoms with Crippen molar-refractivity contribution in [3.05, 3.63) is 140 Å². The fourth-order valence-electron chi connectivity index (χ4n) is 6.77. The molecule has 0 aromatic heterocycles. The van der Waals surface area contributed by atoms with E-state index in [0.717, 1.165) is 32.3 Å². The Morgan fingerprint density at radius 2 is 1.12 bits per heavy atom. The van der Waals surface area contributed by atoms with Crippen molar-refractivity contribution in [2.24, 2.45) is 11.8 Å². The molecule has 1 fully saturated rings. The molecule has 8 heteroatoms. The third kappa shape index (κ3) is 3.85. The first-order chi connectivity index (χ1) is 19.9. The number of carbonyl (C=O) groups is 4. The average molecular weight is 581 g/mol. The molecule has 1 heterocycles. The molecule has 2 atom stereocenters. The first-order valence-electron chi connectivity index (χ1n) is 13.3. The molecule has 0 radical (unpaired) electrons. The normalized spacial score (nSPS) is 21.8. The molecule has 3 aliphatic carbocycles. The third-order valence-electron chi connectivity index (χ3n) is 8.46. The van der Waals surface area contributed by atoms with Crippen LogP contribution < -0.4 is 0 Å². The van der Waals surface area contributed by atoms with Crippen LogP contribution in [-0.4, -0.2) is 40.1 Å². The largest absolute Gasteiger partial charge is 0.292 e. The molecule has 4 aromatic carbocycles. The number of hydrazine groups is 1. The second-order valence-electron chi connectivity index (χ2n) is 10.5. The topological polar surface area (TPSA) is 74.8 Å². The van der Waals surface area contributed by atoms with Gasteiger partial charge in [-0.15, -0.1) is 0 Å². The van der Waals surface area contributed by atoms with Gasteiger partial charge in [0.1, 0.15) is 6.54 Å². The molecular formula is C33H22Cl2N2O4. The van der Waals surface area contributed by atoms with E-state index in [4.69, 9.17) is 23.2 Å². The van der Waals surface area contributed by atoms with Crippen molar-refractivity contribution in [3.8, 4) is 0 Å². The van der Waals surface area contributed by atoms with E-state index in [1.165, 1.54) is 6.07 Å². The van der Waals surface area contributed by atoms with Crippen molar-refractivity contribution in [1.29, 1.82) is 0 Å². The maximum Gasteiger partial charge on any atom is 0.274 e. The van der Waals surface area contributed by atoms with Crippen LogP contribution in [-0.2, 0) is 9.59 Å². The van der Waals surface area contributed by atoms with Crippen molar-refractivity contribution >= 4 is 46.7 Å². The predicted molar refractivity (Wildman–Crippen MR) is 154 cm³/mol. The molecule has 0 saturated carbocycles. The highest BCUT2D eigenvalue weighted by atomic mass is 35.5. The smallest absolute Gasteiger partial charge is 0.274 e. The van der Waals surface area contributed by atoms with Crippen molar-refractivity contribution < 1.29 is 19.2 Å². The lowest BCUT2D eigenvalue weighted by Gasteiger charge is -2.45. The van der Waals surface area contributed by atoms with E-state index in [9.17, 15) is 19.2 Å². The second kappa shape index (κ2) is 9.68. The molecule has 202 valence electrons. The van der Waals surface area contributed by atoms with Crippen LogP contribution in [0.5, 0.6) is 0 Å². The van der Waals surface area contributed by atoms with Gasteiger partial charge in [-0.1, -0.05) is 83.9 Å². The highest BCUT2D eigenvalue weighted by Crippen LogP contribution is 2.61. The zero-order valence-corrected chi connectivity index (χ0v) is 23.0. The Morgan fingerprint density at radius 1 is 0.659 bits per heavy atom. The van der Waals surface area contributed by atoms with Crippen LogP contribution in [0.2, 0.25) is 10.0 Å². The monoisotopic (exact) mass is 580 g/mol. The summed E-state index contributed by atoms with van der Waals surface area (Å²) in [6, 6.07) is 28.4. The Kier molecular flexibility index (Phi) is 6.07. The van der Waals surface area contributed by atoms with Crippen LogP contribution in [0.4, 0.5) is 0 Å². The SMILES string of the molecule is O=C(CN(C(=O)c1ccccc1Cl)N1C(=O)[C@@H]2C3c4ccccc4C(c4ccccc43)[C@H]2C1=O)c1ccc(Cl)cc1. The number of rotatable bonds is 5. The maximum absolute atomic E-state index is 14.3. The zero-order chi connectivity index (χ0) is 28.4. The van der Waals surface area contributed by atoms with Crippen molar-refractivity contribution in [3.63, 3.8) is 0 Å². The van der Waals surface area contributed by atoms with Gasteiger partial charge in [0.05, 0.1) is 22.4 Å². The predicted octanol–water partition coefficient (Wildman–Crippen LogP) is 6.13. The van der Waals surface area contributed by atoms with Crippen LogP contribution in [0.25, 0.3) is 0 Å². The van der Waals surface area contributed by atoms with Gasteiger partial charge < -0.3 is 0 Å². The van der Waals surface area contributed by atoms with Crippen molar-refractivity contribution in [2.75, 3.05) is 6.54 Å². The van der Waals surface area contributed by atoms with Gasteiger partial charge in [0, 0.05) is 22.4 Å². The lowest BCUT2D eigenvalue weighted by molar-refractivity contribution is -0.154. The van der Waals surface area contributed by atoms with E-state index in [1.54, 1.807) is 42.5 Å². The van der Waals surface area contributed by atoms with Gasteiger partial charge in [-0.25, -0.2) is 5.01 Å². The number of carbonyl (C=O) groups excluding carboxylic acids is 4. The zero-order valence-electron chi connectivity index (χ0n) is 21.5. The van der Waals surface area contributed by atoms with Gasteiger partial charge in [0.25, 0.3) is 17.7 Å². The fraction of sp³-hybridized carbons (Fsp3) is 0.152. The number of amides is 3. The molecule has 4 aliphatic rings. The molecule has 0 spiro atoms. The molecule has 8 rings (SSSR count). The highest BCUT2D eigenvalue weighted by Gasteiger charge is 2.63. The van der Waals surface area contributed by atoms with E-state index >= 15 is 0 Å². The van der Waals surface area contributed by atoms with E-state index in [1.807, 2.05) is 48.5 Å². The Hall–Kier alpha value is -4.26. The van der Waals surface area contributed by atoms with Gasteiger partial charge in [-0.2, -0.15) is 5.01 Å². The number of nitrogens with zero attached hydrogens (tertiary/aromatic N) is 2. The summed E-state index contributed by atoms with van der Waals surface area (Å²) >= 11 is 12.4. The van der Waals surface area contributed by atoms with Crippen molar-refractivity contribution in [1.82, 2.24) is 10.0 Å². The molecule has 3 amide bonds. The Balaban J connectivity index is 1.34. The first-order valence-corrected chi connectivity index (χ1v) is 14.0. The molecule has 1 saturated heterocycles. The number of ketones is 1. The first kappa shape index (κ1) is 25.7. The summed E-state index contributed by atoms with van der Waals surface area (Å²) < 4.78 is 0. The van der Waals surface area contributed by atoms with Gasteiger partial charge >= 0.3 is 0 Å². The Bertz CT molecular complexity index is 1650. The minimum absolute atomic E-state index is 0.0862. The van der Waals surface area contributed by atoms with Gasteiger partial charge in [-0.3, -0.25) is 19.2 Å². The number of benzene rings is 4. The number of hydrogen-bond donors (Lipinski definition) is 0. The maximum atomic E-state index is 14.3. The Labute approximate surface area is 246 Å². The van der Waals surface area contributed by atoms with E-state index < -0.39 is 41.9 Å². The van der Waals surface area contributed by atoms with Gasteiger partial charge in [-0.05, 0) is 58.7 Å². The average Bonchev–Trinajstić information content (AvgIpc) is 3.26. The lowest BCUT2D eigenvalue weighted by Crippen LogP contribution is -2.52. The number of imide groups is 1. The molecule has 0 unspecified atom stereocenters. The van der Waals surface area contributed by atoms with E-state index in [2.05, 4.69) is 0 Å². The molecule has 0 N–H and O–H groups in total. The number of hydrogen-bond acceptors (Lipinski definition) is 4. The van der Waals surface area contributed by atoms with Crippen LogP contribution in [0.3, 0.4) is 0 Å².